The molecule has 1 fully saturated rings. The third-order valence-corrected chi connectivity index (χ3v) is 6.02. The van der Waals surface area contributed by atoms with Gasteiger partial charge in [-0.3, -0.25) is 0 Å². The molecule has 1 N–H and O–H groups in total. The largest absolute Gasteiger partial charge is 0.478 e. The number of carbonyl (C=O) groups excluding carboxylic acids is 1. The maximum Gasteiger partial charge on any atom is 0.347 e. The zero-order valence-electron chi connectivity index (χ0n) is 19.9. The topological polar surface area (TPSA) is 70.1 Å². The summed E-state index contributed by atoms with van der Waals surface area (Å²) in [5, 5.41) is 9.19. The Labute approximate surface area is 199 Å². The number of carboxylic acid groups (broad SMARTS) is 1. The first kappa shape index (κ1) is 25.5. The van der Waals surface area contributed by atoms with E-state index in [-0.39, 0.29) is 18.6 Å². The SMILES string of the molecule is CCCN1C(=O)N(Cc2ccc(F)c(F)c2)CC1CCCc1ccc(OC(C)(C)C(=O)O)cc1. The summed E-state index contributed by atoms with van der Waals surface area (Å²) in [6.45, 7) is 6.49. The number of benzene rings is 2. The van der Waals surface area contributed by atoms with E-state index in [1.807, 2.05) is 24.0 Å². The maximum absolute atomic E-state index is 13.6. The van der Waals surface area contributed by atoms with E-state index in [4.69, 9.17) is 4.74 Å². The Morgan fingerprint density at radius 1 is 1.12 bits per heavy atom. The number of nitrogens with zero attached hydrogens (tertiary/aromatic N) is 2. The summed E-state index contributed by atoms with van der Waals surface area (Å²) in [7, 11) is 0. The number of aryl methyl sites for hydroxylation is 1. The molecular formula is C26H32F2N2O4. The molecule has 1 aliphatic heterocycles. The van der Waals surface area contributed by atoms with Crippen molar-refractivity contribution in [3.05, 3.63) is 65.2 Å². The third kappa shape index (κ3) is 6.24. The minimum atomic E-state index is -1.30. The predicted octanol–water partition coefficient (Wildman–Crippen LogP) is 5.25. The van der Waals surface area contributed by atoms with Crippen molar-refractivity contribution in [2.45, 2.75) is 64.6 Å². The number of hydrogen-bond donors (Lipinski definition) is 1. The van der Waals surface area contributed by atoms with Gasteiger partial charge in [-0.1, -0.05) is 25.1 Å². The standard InChI is InChI=1S/C26H32F2N2O4/c1-4-14-30-20(17-29(25(30)33)16-19-10-13-22(27)23(28)15-19)7-5-6-18-8-11-21(12-9-18)34-26(2,3)24(31)32/h8-13,15,20H,4-7,14,16-17H2,1-3H3,(H,31,32). The zero-order chi connectivity index (χ0) is 24.9. The Bertz CT molecular complexity index is 1010. The van der Waals surface area contributed by atoms with Crippen molar-refractivity contribution in [3.8, 4) is 5.75 Å². The van der Waals surface area contributed by atoms with E-state index < -0.39 is 23.2 Å². The second-order valence-electron chi connectivity index (χ2n) is 9.21. The van der Waals surface area contributed by atoms with Crippen LogP contribution in [-0.2, 0) is 17.8 Å². The van der Waals surface area contributed by atoms with Crippen LogP contribution in [0.25, 0.3) is 0 Å². The zero-order valence-corrected chi connectivity index (χ0v) is 19.9. The van der Waals surface area contributed by atoms with Gasteiger partial charge in [0.1, 0.15) is 5.75 Å². The van der Waals surface area contributed by atoms with E-state index in [1.54, 1.807) is 17.0 Å². The summed E-state index contributed by atoms with van der Waals surface area (Å²) >= 11 is 0. The Kier molecular flexibility index (Phi) is 8.12. The smallest absolute Gasteiger partial charge is 0.347 e. The Morgan fingerprint density at radius 2 is 1.79 bits per heavy atom. The normalized spacial score (nSPS) is 16.3. The van der Waals surface area contributed by atoms with Crippen LogP contribution in [0.5, 0.6) is 5.75 Å². The van der Waals surface area contributed by atoms with Gasteiger partial charge in [0.2, 0.25) is 0 Å². The average Bonchev–Trinajstić information content (AvgIpc) is 3.06. The molecule has 2 aromatic rings. The molecule has 8 heteroatoms. The Morgan fingerprint density at radius 3 is 2.41 bits per heavy atom. The van der Waals surface area contributed by atoms with Gasteiger partial charge in [0, 0.05) is 19.6 Å². The second kappa shape index (κ2) is 10.8. The van der Waals surface area contributed by atoms with Crippen LogP contribution in [0, 0.1) is 11.6 Å². The van der Waals surface area contributed by atoms with Crippen molar-refractivity contribution in [1.29, 1.82) is 0 Å². The van der Waals surface area contributed by atoms with Gasteiger partial charge in [0.05, 0.1) is 6.04 Å². The van der Waals surface area contributed by atoms with E-state index in [0.717, 1.165) is 43.4 Å². The van der Waals surface area contributed by atoms with Gasteiger partial charge >= 0.3 is 12.0 Å². The van der Waals surface area contributed by atoms with Crippen LogP contribution >= 0.6 is 0 Å². The van der Waals surface area contributed by atoms with E-state index >= 15 is 0 Å². The van der Waals surface area contributed by atoms with Crippen LogP contribution in [0.3, 0.4) is 0 Å². The molecule has 2 aromatic carbocycles. The summed E-state index contributed by atoms with van der Waals surface area (Å²) in [4.78, 5) is 27.7. The lowest BCUT2D eigenvalue weighted by molar-refractivity contribution is -0.152. The summed E-state index contributed by atoms with van der Waals surface area (Å²) in [5.41, 5.74) is 0.369. The fraction of sp³-hybridized carbons (Fsp3) is 0.462. The highest BCUT2D eigenvalue weighted by atomic mass is 19.2. The second-order valence-corrected chi connectivity index (χ2v) is 9.21. The van der Waals surface area contributed by atoms with Crippen molar-refractivity contribution < 1.29 is 28.2 Å². The average molecular weight is 475 g/mol. The molecule has 0 aliphatic carbocycles. The fourth-order valence-electron chi connectivity index (χ4n) is 4.13. The van der Waals surface area contributed by atoms with E-state index in [0.29, 0.717) is 24.4 Å². The number of aliphatic carboxylic acids is 1. The molecular weight excluding hydrogens is 442 g/mol. The van der Waals surface area contributed by atoms with Crippen molar-refractivity contribution in [2.75, 3.05) is 13.1 Å². The van der Waals surface area contributed by atoms with Crippen molar-refractivity contribution in [2.24, 2.45) is 0 Å². The molecule has 0 radical (unpaired) electrons. The summed E-state index contributed by atoms with van der Waals surface area (Å²) < 4.78 is 32.3. The van der Waals surface area contributed by atoms with Gasteiger partial charge in [-0.2, -0.15) is 0 Å². The van der Waals surface area contributed by atoms with E-state index in [9.17, 15) is 23.5 Å². The molecule has 2 amide bonds. The molecule has 1 saturated heterocycles. The molecule has 0 aromatic heterocycles. The third-order valence-electron chi connectivity index (χ3n) is 6.02. The van der Waals surface area contributed by atoms with Gasteiger partial charge in [-0.25, -0.2) is 18.4 Å². The van der Waals surface area contributed by atoms with Crippen LogP contribution < -0.4 is 4.74 Å². The number of halogens is 2. The maximum atomic E-state index is 13.6. The molecule has 0 bridgehead atoms. The molecule has 0 saturated carbocycles. The lowest BCUT2D eigenvalue weighted by Gasteiger charge is -2.23. The molecule has 6 nitrogen and oxygen atoms in total. The molecule has 184 valence electrons. The fourth-order valence-corrected chi connectivity index (χ4v) is 4.13. The minimum Gasteiger partial charge on any atom is -0.478 e. The monoisotopic (exact) mass is 474 g/mol. The predicted molar refractivity (Wildman–Crippen MR) is 125 cm³/mol. The number of carboxylic acids is 1. The first-order valence-electron chi connectivity index (χ1n) is 11.6. The van der Waals surface area contributed by atoms with Crippen molar-refractivity contribution >= 4 is 12.0 Å². The van der Waals surface area contributed by atoms with Crippen LogP contribution in [0.4, 0.5) is 13.6 Å². The first-order valence-corrected chi connectivity index (χ1v) is 11.6. The lowest BCUT2D eigenvalue weighted by atomic mass is 10.0. The summed E-state index contributed by atoms with van der Waals surface area (Å²) in [6.07, 6.45) is 3.36. The van der Waals surface area contributed by atoms with Crippen LogP contribution in [0.1, 0.15) is 51.2 Å². The van der Waals surface area contributed by atoms with Crippen LogP contribution in [0.15, 0.2) is 42.5 Å². The summed E-state index contributed by atoms with van der Waals surface area (Å²) in [5.74, 6) is -2.33. The van der Waals surface area contributed by atoms with Crippen LogP contribution in [-0.4, -0.2) is 51.6 Å². The van der Waals surface area contributed by atoms with Crippen LogP contribution in [0.2, 0.25) is 0 Å². The molecule has 3 rings (SSSR count). The van der Waals surface area contributed by atoms with Gasteiger partial charge < -0.3 is 19.6 Å². The minimum absolute atomic E-state index is 0.0664. The van der Waals surface area contributed by atoms with Crippen molar-refractivity contribution in [3.63, 3.8) is 0 Å². The van der Waals surface area contributed by atoms with Gasteiger partial charge in [-0.15, -0.1) is 0 Å². The molecule has 1 atom stereocenters. The van der Waals surface area contributed by atoms with Crippen molar-refractivity contribution in [1.82, 2.24) is 9.80 Å². The molecule has 1 unspecified atom stereocenters. The van der Waals surface area contributed by atoms with Gasteiger partial charge in [0.25, 0.3) is 0 Å². The number of amides is 2. The quantitative estimate of drug-likeness (QED) is 0.483. The molecule has 1 aliphatic rings. The highest BCUT2D eigenvalue weighted by Crippen LogP contribution is 2.25. The van der Waals surface area contributed by atoms with Gasteiger partial charge in [0.15, 0.2) is 17.2 Å². The number of carbonyl (C=O) groups is 2. The number of rotatable bonds is 11. The van der Waals surface area contributed by atoms with Gasteiger partial charge in [-0.05, 0) is 74.9 Å². The number of urea groups is 1. The highest BCUT2D eigenvalue weighted by molar-refractivity contribution is 5.77. The molecule has 0 spiro atoms. The Hall–Kier alpha value is -3.16. The van der Waals surface area contributed by atoms with E-state index in [1.165, 1.54) is 19.9 Å². The lowest BCUT2D eigenvalue weighted by Crippen LogP contribution is -2.37. The molecule has 1 heterocycles. The number of hydrogen-bond acceptors (Lipinski definition) is 3. The van der Waals surface area contributed by atoms with E-state index in [2.05, 4.69) is 0 Å². The summed E-state index contributed by atoms with van der Waals surface area (Å²) in [6, 6.07) is 11.1. The first-order chi connectivity index (χ1) is 16.1. The highest BCUT2D eigenvalue weighted by Gasteiger charge is 2.36. The molecule has 34 heavy (non-hydrogen) atoms. The number of ether oxygens (including phenoxy) is 1. The Balaban J connectivity index is 1.56.